The Morgan fingerprint density at radius 2 is 2.09 bits per heavy atom. The van der Waals surface area contributed by atoms with Gasteiger partial charge in [-0.1, -0.05) is 0 Å². The van der Waals surface area contributed by atoms with Crippen molar-refractivity contribution in [3.63, 3.8) is 0 Å². The summed E-state index contributed by atoms with van der Waals surface area (Å²) in [4.78, 5) is 51.1. The molecule has 1 aromatic heterocycles. The third-order valence-electron chi connectivity index (χ3n) is 5.16. The van der Waals surface area contributed by atoms with E-state index in [1.54, 1.807) is 38.7 Å². The number of rotatable bonds is 5. The zero-order valence-electron chi connectivity index (χ0n) is 19.5. The number of nitrogens with one attached hydrogen (secondary N) is 1. The fourth-order valence-corrected chi connectivity index (χ4v) is 3.54. The Kier molecular flexibility index (Phi) is 8.01. The minimum atomic E-state index is -0.863. The fraction of sp³-hybridized carbons (Fsp3) is 0.600. The van der Waals surface area contributed by atoms with Crippen LogP contribution in [-0.4, -0.2) is 63.7 Å². The Hall–Kier alpha value is -3.64. The first-order valence-corrected chi connectivity index (χ1v) is 10.5. The minimum Gasteiger partial charge on any atom is -0.443 e. The van der Waals surface area contributed by atoms with E-state index in [1.165, 1.54) is 23.9 Å². The van der Waals surface area contributed by atoms with Crippen LogP contribution in [0.15, 0.2) is 28.2 Å². The van der Waals surface area contributed by atoms with Gasteiger partial charge in [-0.05, 0) is 52.7 Å². The van der Waals surface area contributed by atoms with Gasteiger partial charge in [0.1, 0.15) is 22.9 Å². The van der Waals surface area contributed by atoms with Crippen molar-refractivity contribution in [2.45, 2.75) is 64.8 Å². The van der Waals surface area contributed by atoms with E-state index in [-0.39, 0.29) is 30.3 Å². The molecule has 0 aliphatic carbocycles. The van der Waals surface area contributed by atoms with E-state index in [1.807, 2.05) is 0 Å². The van der Waals surface area contributed by atoms with Crippen molar-refractivity contribution in [3.8, 4) is 0 Å². The maximum Gasteiger partial charge on any atom is 0.414 e. The van der Waals surface area contributed by atoms with Crippen LogP contribution in [0.2, 0.25) is 0 Å². The molecule has 13 nitrogen and oxygen atoms in total. The van der Waals surface area contributed by atoms with Gasteiger partial charge < -0.3 is 25.3 Å². The van der Waals surface area contributed by atoms with E-state index >= 15 is 0 Å². The second-order valence-corrected chi connectivity index (χ2v) is 8.81. The lowest BCUT2D eigenvalue weighted by molar-refractivity contribution is -0.485. The average molecular weight is 466 g/mol. The molecular weight excluding hydrogens is 434 g/mol. The Morgan fingerprint density at radius 3 is 2.70 bits per heavy atom. The van der Waals surface area contributed by atoms with E-state index in [0.29, 0.717) is 19.4 Å². The number of nitrogens with two attached hydrogens (primary N) is 1. The van der Waals surface area contributed by atoms with Crippen molar-refractivity contribution in [1.29, 1.82) is 0 Å². The lowest BCUT2D eigenvalue weighted by Gasteiger charge is -2.39. The molecule has 2 heterocycles. The van der Waals surface area contributed by atoms with Gasteiger partial charge in [0.15, 0.2) is 5.03 Å². The van der Waals surface area contributed by atoms with Crippen molar-refractivity contribution in [3.05, 3.63) is 38.8 Å². The molecule has 1 aromatic rings. The van der Waals surface area contributed by atoms with Crippen LogP contribution < -0.4 is 21.5 Å². The Bertz CT molecular complexity index is 984. The van der Waals surface area contributed by atoms with Crippen LogP contribution in [0.1, 0.15) is 40.5 Å². The molecule has 1 saturated heterocycles. The smallest absolute Gasteiger partial charge is 0.414 e. The number of aromatic nitrogens is 1. The fourth-order valence-electron chi connectivity index (χ4n) is 3.54. The molecule has 2 rings (SSSR count). The second kappa shape index (κ2) is 10.3. The van der Waals surface area contributed by atoms with Crippen molar-refractivity contribution < 1.29 is 19.4 Å². The van der Waals surface area contributed by atoms with Crippen molar-refractivity contribution >= 4 is 23.6 Å². The van der Waals surface area contributed by atoms with Crippen LogP contribution in [0.3, 0.4) is 0 Å². The normalized spacial score (nSPS) is 19.1. The van der Waals surface area contributed by atoms with Gasteiger partial charge in [0.25, 0.3) is 11.5 Å². The maximum absolute atomic E-state index is 12.8. The van der Waals surface area contributed by atoms with Gasteiger partial charge in [-0.2, -0.15) is 0 Å². The summed E-state index contributed by atoms with van der Waals surface area (Å²) in [7, 11) is 1.42. The van der Waals surface area contributed by atoms with E-state index in [0.717, 1.165) is 4.90 Å². The van der Waals surface area contributed by atoms with Crippen molar-refractivity contribution in [2.24, 2.45) is 10.8 Å². The quantitative estimate of drug-likeness (QED) is 0.277. The lowest BCUT2D eigenvalue weighted by atomic mass is 9.97. The molecule has 3 N–H and O–H groups in total. The minimum absolute atomic E-state index is 0.0699. The van der Waals surface area contributed by atoms with Gasteiger partial charge in [-0.15, -0.1) is 0 Å². The number of hydrogen-bond acceptors (Lipinski definition) is 6. The molecule has 182 valence electrons. The lowest BCUT2D eigenvalue weighted by Crippen LogP contribution is -2.58. The van der Waals surface area contributed by atoms with Gasteiger partial charge in [-0.25, -0.2) is 14.9 Å². The predicted octanol–water partition coefficient (Wildman–Crippen LogP) is 0.695. The number of hydrazone groups is 1. The Morgan fingerprint density at radius 1 is 1.42 bits per heavy atom. The average Bonchev–Trinajstić information content (AvgIpc) is 2.68. The van der Waals surface area contributed by atoms with Crippen molar-refractivity contribution in [1.82, 2.24) is 14.8 Å². The summed E-state index contributed by atoms with van der Waals surface area (Å²) in [6.07, 6.45) is 2.06. The second-order valence-electron chi connectivity index (χ2n) is 8.81. The number of guanidine groups is 1. The number of carbonyl (C=O) groups is 2. The van der Waals surface area contributed by atoms with E-state index < -0.39 is 28.2 Å². The number of pyridine rings is 1. The third kappa shape index (κ3) is 6.92. The number of anilines is 1. The van der Waals surface area contributed by atoms with Gasteiger partial charge in [0.05, 0.1) is 0 Å². The highest BCUT2D eigenvalue weighted by Gasteiger charge is 2.31. The van der Waals surface area contributed by atoms with Gasteiger partial charge >= 0.3 is 6.09 Å². The molecule has 0 spiro atoms. The first-order valence-electron chi connectivity index (χ1n) is 10.5. The molecule has 0 radical (unpaired) electrons. The molecule has 13 heteroatoms. The van der Waals surface area contributed by atoms with E-state index in [2.05, 4.69) is 10.4 Å². The van der Waals surface area contributed by atoms with Crippen LogP contribution in [0.25, 0.3) is 0 Å². The summed E-state index contributed by atoms with van der Waals surface area (Å²) in [5, 5.41) is 15.8. The number of likely N-dealkylation sites (tertiary alicyclic amines) is 1. The van der Waals surface area contributed by atoms with Crippen LogP contribution in [0.4, 0.5) is 10.5 Å². The molecule has 1 aliphatic heterocycles. The summed E-state index contributed by atoms with van der Waals surface area (Å²) in [5.74, 6) is -0.641. The molecular formula is C20H31N7O6. The Labute approximate surface area is 191 Å². The first-order chi connectivity index (χ1) is 15.3. The summed E-state index contributed by atoms with van der Waals surface area (Å²) >= 11 is 0. The van der Waals surface area contributed by atoms with E-state index in [4.69, 9.17) is 10.5 Å². The third-order valence-corrected chi connectivity index (χ3v) is 5.16. The first kappa shape index (κ1) is 25.6. The SMILES string of the molecule is CC1C(NC(=O)Cn2cccc(N(C)C(=O)OC(C)(C)C)c2=O)CCCN1/C(N)=N/[N+](=O)[O-]. The zero-order valence-corrected chi connectivity index (χ0v) is 19.5. The van der Waals surface area contributed by atoms with Crippen LogP contribution >= 0.6 is 0 Å². The summed E-state index contributed by atoms with van der Waals surface area (Å²) in [6.45, 7) is 7.16. The Balaban J connectivity index is 2.10. The molecule has 2 atom stereocenters. The van der Waals surface area contributed by atoms with Crippen LogP contribution in [0.5, 0.6) is 0 Å². The molecule has 1 fully saturated rings. The number of hydrogen-bond donors (Lipinski definition) is 2. The summed E-state index contributed by atoms with van der Waals surface area (Å²) < 4.78 is 6.48. The topological polar surface area (TPSA) is 165 Å². The molecule has 0 saturated carbocycles. The zero-order chi connectivity index (χ0) is 24.9. The largest absolute Gasteiger partial charge is 0.443 e. The molecule has 1 aliphatic rings. The number of nitrogens with zero attached hydrogens (tertiary/aromatic N) is 5. The standard InChI is InChI=1S/C20H31N7O6/c1-13-14(8-6-11-26(13)18(21)23-27(31)32)22-16(28)12-25-10-7-9-15(17(25)29)24(5)19(30)33-20(2,3)4/h7,9-10,13-14H,6,8,11-12H2,1-5H3,(H2,21,23)(H,22,28). The number of amides is 2. The molecule has 33 heavy (non-hydrogen) atoms. The summed E-state index contributed by atoms with van der Waals surface area (Å²) in [5.41, 5.74) is 4.54. The molecule has 0 aromatic carbocycles. The maximum atomic E-state index is 12.8. The highest BCUT2D eigenvalue weighted by molar-refractivity contribution is 5.87. The summed E-state index contributed by atoms with van der Waals surface area (Å²) in [6, 6.07) is 2.37. The van der Waals surface area contributed by atoms with Gasteiger partial charge in [-0.3, -0.25) is 14.5 Å². The highest BCUT2D eigenvalue weighted by atomic mass is 16.7. The molecule has 2 unspecified atom stereocenters. The van der Waals surface area contributed by atoms with Crippen molar-refractivity contribution in [2.75, 3.05) is 18.5 Å². The van der Waals surface area contributed by atoms with Crippen LogP contribution in [0, 0.1) is 10.1 Å². The highest BCUT2D eigenvalue weighted by Crippen LogP contribution is 2.17. The number of piperidine rings is 1. The van der Waals surface area contributed by atoms with Crippen LogP contribution in [-0.2, 0) is 16.1 Å². The van der Waals surface area contributed by atoms with Gasteiger partial charge in [0.2, 0.25) is 5.91 Å². The monoisotopic (exact) mass is 465 g/mol. The molecule has 0 bridgehead atoms. The molecule has 2 amide bonds. The predicted molar refractivity (Wildman–Crippen MR) is 121 cm³/mol. The van der Waals surface area contributed by atoms with E-state index in [9.17, 15) is 24.5 Å². The number of carbonyl (C=O) groups excluding carboxylic acids is 2. The number of nitro groups is 1. The van der Waals surface area contributed by atoms with Gasteiger partial charge in [0, 0.05) is 31.9 Å². The number of ether oxygens (including phenoxy) is 1.